The molecule has 7 rings (SSSR count). The summed E-state index contributed by atoms with van der Waals surface area (Å²) in [4.78, 5) is 51.1. The highest BCUT2D eigenvalue weighted by Crippen LogP contribution is 2.31. The Morgan fingerprint density at radius 2 is 0.913 bits per heavy atom. The van der Waals surface area contributed by atoms with Crippen LogP contribution in [-0.2, 0) is 19.1 Å². The van der Waals surface area contributed by atoms with Crippen LogP contribution >= 0.6 is 0 Å². The number of nitrogens with zero attached hydrogens (tertiary/aromatic N) is 6. The van der Waals surface area contributed by atoms with Gasteiger partial charge in [0, 0.05) is 0 Å². The van der Waals surface area contributed by atoms with E-state index in [1.807, 2.05) is 0 Å². The fraction of sp³-hybridized carbons (Fsp3) is 0.200. The number of ether oxygens (including phenoxy) is 2. The van der Waals surface area contributed by atoms with Crippen molar-refractivity contribution in [3.8, 4) is 46.3 Å². The first kappa shape index (κ1) is 28.5. The van der Waals surface area contributed by atoms with Gasteiger partial charge in [0.1, 0.15) is 49.0 Å². The third kappa shape index (κ3) is 5.78. The maximum absolute atomic E-state index is 12.2. The summed E-state index contributed by atoms with van der Waals surface area (Å²) < 4.78 is 43.6. The Morgan fingerprint density at radius 3 is 1.35 bits per heavy atom. The highest BCUT2D eigenvalue weighted by atomic mass is 16.5. The molecule has 0 saturated heterocycles. The van der Waals surface area contributed by atoms with E-state index in [1.165, 1.54) is 51.8 Å². The Kier molecular flexibility index (Phi) is 7.42. The van der Waals surface area contributed by atoms with Gasteiger partial charge in [-0.1, -0.05) is 12.2 Å². The number of hydrogen-bond acceptors (Lipinski definition) is 16. The molecular weight excluding hydrogens is 604 g/mol. The summed E-state index contributed by atoms with van der Waals surface area (Å²) in [7, 11) is 2.59. The number of rotatable bonds is 4. The number of allylic oxidation sites excluding steroid dienone is 2. The van der Waals surface area contributed by atoms with E-state index in [9.17, 15) is 9.59 Å². The van der Waals surface area contributed by atoms with Crippen molar-refractivity contribution in [1.82, 2.24) is 29.9 Å². The van der Waals surface area contributed by atoms with Gasteiger partial charge in [0.05, 0.1) is 38.9 Å². The van der Waals surface area contributed by atoms with Crippen molar-refractivity contribution in [3.63, 3.8) is 0 Å². The van der Waals surface area contributed by atoms with Crippen LogP contribution in [0.3, 0.4) is 0 Å². The zero-order valence-corrected chi connectivity index (χ0v) is 24.1. The Balaban J connectivity index is 1.29. The first-order chi connectivity index (χ1) is 22.4. The Labute approximate surface area is 257 Å². The number of fused-ring (bicyclic) bond motifs is 16. The number of methoxy groups -OCH3 is 2. The molecule has 2 atom stereocenters. The Hall–Kier alpha value is -6.32. The maximum atomic E-state index is 12.2. The number of hydrogen-bond donors (Lipinski definition) is 0. The van der Waals surface area contributed by atoms with Gasteiger partial charge in [-0.2, -0.15) is 0 Å². The van der Waals surface area contributed by atoms with Crippen LogP contribution in [0.1, 0.15) is 47.8 Å². The van der Waals surface area contributed by atoms with Gasteiger partial charge in [-0.3, -0.25) is 9.59 Å². The van der Waals surface area contributed by atoms with Crippen molar-refractivity contribution in [2.75, 3.05) is 14.2 Å². The van der Waals surface area contributed by atoms with Crippen LogP contribution in [0.2, 0.25) is 0 Å². The van der Waals surface area contributed by atoms with E-state index in [0.29, 0.717) is 22.8 Å². The van der Waals surface area contributed by atoms with Gasteiger partial charge in [-0.05, 0) is 12.2 Å². The maximum Gasteiger partial charge on any atom is 0.306 e. The molecule has 0 N–H and O–H groups in total. The first-order valence-corrected chi connectivity index (χ1v) is 13.7. The van der Waals surface area contributed by atoms with Crippen molar-refractivity contribution in [2.45, 2.75) is 24.7 Å². The number of oxazole rings is 6. The van der Waals surface area contributed by atoms with Crippen LogP contribution in [0.25, 0.3) is 58.5 Å². The summed E-state index contributed by atoms with van der Waals surface area (Å²) >= 11 is 0. The van der Waals surface area contributed by atoms with Gasteiger partial charge in [0.15, 0.2) is 22.8 Å². The average molecular weight is 627 g/mol. The largest absolute Gasteiger partial charge is 0.469 e. The molecule has 46 heavy (non-hydrogen) atoms. The molecule has 0 radical (unpaired) electrons. The lowest BCUT2D eigenvalue weighted by atomic mass is 10.0. The topological polar surface area (TPSA) is 209 Å². The molecule has 16 heteroatoms. The van der Waals surface area contributed by atoms with Crippen LogP contribution < -0.4 is 0 Å². The Morgan fingerprint density at radius 1 is 0.543 bits per heavy atom. The average Bonchev–Trinajstić information content (AvgIpc) is 3.90. The summed E-state index contributed by atoms with van der Waals surface area (Å²) in [5.41, 5.74) is 2.03. The monoisotopic (exact) mass is 626 g/mol. The van der Waals surface area contributed by atoms with Crippen LogP contribution in [0.4, 0.5) is 0 Å². The van der Waals surface area contributed by atoms with Crippen molar-refractivity contribution in [2.24, 2.45) is 0 Å². The molecule has 1 aliphatic rings. The van der Waals surface area contributed by atoms with Gasteiger partial charge in [0.2, 0.25) is 35.3 Å². The summed E-state index contributed by atoms with van der Waals surface area (Å²) in [6, 6.07) is 0. The highest BCUT2D eigenvalue weighted by Gasteiger charge is 2.24. The third-order valence-electron chi connectivity index (χ3n) is 6.83. The van der Waals surface area contributed by atoms with E-state index in [4.69, 9.17) is 36.0 Å². The quantitative estimate of drug-likeness (QED) is 0.227. The second-order valence-corrected chi connectivity index (χ2v) is 9.86. The summed E-state index contributed by atoms with van der Waals surface area (Å²) in [6.07, 6.45) is 14.8. The van der Waals surface area contributed by atoms with E-state index < -0.39 is 23.8 Å². The van der Waals surface area contributed by atoms with Crippen LogP contribution in [0.15, 0.2) is 76.2 Å². The first-order valence-electron chi connectivity index (χ1n) is 13.7. The second-order valence-electron chi connectivity index (χ2n) is 9.86. The minimum absolute atomic E-state index is 0.0616. The molecule has 2 unspecified atom stereocenters. The smallest absolute Gasteiger partial charge is 0.306 e. The van der Waals surface area contributed by atoms with E-state index >= 15 is 0 Å². The molecule has 0 fully saturated rings. The van der Waals surface area contributed by atoms with Gasteiger partial charge in [0.25, 0.3) is 0 Å². The Bertz CT molecular complexity index is 1920. The zero-order valence-electron chi connectivity index (χ0n) is 24.1. The molecule has 1 aliphatic heterocycles. The lowest BCUT2D eigenvalue weighted by Gasteiger charge is -2.06. The standard InChI is InChI=1S/C30H22N6O10/c1-39-23(37)7-15-3-5-17-9-41-27(31-17)19-14-46-30(36-19)22-12-44-26(34-22)16(8-24(38)40-2)4-6-18-10-42-28(32-18)20-13-45-29(35-20)21-11-43-25(15)33-21/h3-6,9-16H,7-8H2,1-2H3/b5-3+,6-4+. The second kappa shape index (κ2) is 12.0. The van der Waals surface area contributed by atoms with E-state index in [0.717, 1.165) is 0 Å². The van der Waals surface area contributed by atoms with Gasteiger partial charge in [-0.15, -0.1) is 0 Å². The molecule has 16 nitrogen and oxygen atoms in total. The predicted octanol–water partition coefficient (Wildman–Crippen LogP) is 5.32. The molecule has 0 aromatic carbocycles. The van der Waals surface area contributed by atoms with Crippen molar-refractivity contribution in [3.05, 3.63) is 72.9 Å². The highest BCUT2D eigenvalue weighted by molar-refractivity contribution is 5.71. The molecule has 0 spiro atoms. The van der Waals surface area contributed by atoms with E-state index in [-0.39, 0.29) is 59.6 Å². The van der Waals surface area contributed by atoms with Crippen molar-refractivity contribution < 1.29 is 45.6 Å². The van der Waals surface area contributed by atoms with Crippen LogP contribution in [0.5, 0.6) is 0 Å². The van der Waals surface area contributed by atoms with Crippen molar-refractivity contribution >= 4 is 24.1 Å². The molecule has 6 aromatic heterocycles. The number of aromatic nitrogens is 6. The molecule has 7 heterocycles. The van der Waals surface area contributed by atoms with Crippen LogP contribution in [-0.4, -0.2) is 56.1 Å². The lowest BCUT2D eigenvalue weighted by molar-refractivity contribution is -0.141. The number of carbonyl (C=O) groups is 2. The van der Waals surface area contributed by atoms with Gasteiger partial charge in [-0.25, -0.2) is 29.9 Å². The van der Waals surface area contributed by atoms with E-state index in [1.54, 1.807) is 24.3 Å². The minimum atomic E-state index is -0.620. The SMILES string of the molecule is COC(=O)CC1/C=C/c2coc(n2)-c2coc(n2)-c2coc(n2)C(CC(=O)OC)/C=C/c2coc(n2)-c2coc(n2)-c2coc1n2. The zero-order chi connectivity index (χ0) is 31.6. The molecule has 12 bridgehead atoms. The summed E-state index contributed by atoms with van der Waals surface area (Å²) in [5.74, 6) is -1.13. The van der Waals surface area contributed by atoms with Crippen molar-refractivity contribution in [1.29, 1.82) is 0 Å². The molecule has 6 aromatic rings. The fourth-order valence-corrected chi connectivity index (χ4v) is 4.48. The summed E-state index contributed by atoms with van der Waals surface area (Å²) in [5, 5.41) is 0. The minimum Gasteiger partial charge on any atom is -0.469 e. The van der Waals surface area contributed by atoms with E-state index in [2.05, 4.69) is 29.9 Å². The number of esters is 2. The third-order valence-corrected chi connectivity index (χ3v) is 6.83. The predicted molar refractivity (Wildman–Crippen MR) is 152 cm³/mol. The molecule has 0 amide bonds. The summed E-state index contributed by atoms with van der Waals surface area (Å²) in [6.45, 7) is 0. The normalized spacial score (nSPS) is 17.2. The van der Waals surface area contributed by atoms with Gasteiger partial charge < -0.3 is 36.0 Å². The molecule has 0 aliphatic carbocycles. The van der Waals surface area contributed by atoms with Crippen LogP contribution in [0, 0.1) is 0 Å². The number of carbonyl (C=O) groups excluding carboxylic acids is 2. The molecule has 232 valence electrons. The lowest BCUT2D eigenvalue weighted by Crippen LogP contribution is -2.07. The fourth-order valence-electron chi connectivity index (χ4n) is 4.48. The van der Waals surface area contributed by atoms with Gasteiger partial charge >= 0.3 is 11.9 Å². The molecular formula is C30H22N6O10. The molecule has 0 saturated carbocycles.